The van der Waals surface area contributed by atoms with Crippen molar-refractivity contribution in [2.45, 2.75) is 44.6 Å². The molecule has 2 aliphatic heterocycles. The molecule has 136 valence electrons. The first-order valence-corrected chi connectivity index (χ1v) is 9.24. The van der Waals surface area contributed by atoms with Crippen LogP contribution in [0, 0.1) is 11.7 Å². The molecule has 5 nitrogen and oxygen atoms in total. The van der Waals surface area contributed by atoms with Gasteiger partial charge in [0.15, 0.2) is 0 Å². The average molecular weight is 355 g/mol. The average Bonchev–Trinajstić information content (AvgIpc) is 2.67. The quantitative estimate of drug-likeness (QED) is 0.792. The van der Waals surface area contributed by atoms with E-state index >= 15 is 0 Å². The fourth-order valence-electron chi connectivity index (χ4n) is 3.95. The molecule has 2 aromatic rings. The normalized spacial score (nSPS) is 21.9. The van der Waals surface area contributed by atoms with Crippen LogP contribution in [0.3, 0.4) is 0 Å². The van der Waals surface area contributed by atoms with Crippen LogP contribution in [0.1, 0.15) is 37.8 Å². The van der Waals surface area contributed by atoms with Gasteiger partial charge in [0.1, 0.15) is 11.6 Å². The van der Waals surface area contributed by atoms with Crippen molar-refractivity contribution in [3.8, 4) is 11.6 Å². The zero-order chi connectivity index (χ0) is 17.9. The van der Waals surface area contributed by atoms with Crippen LogP contribution in [-0.4, -0.2) is 33.4 Å². The van der Waals surface area contributed by atoms with Gasteiger partial charge in [0.2, 0.25) is 11.8 Å². The zero-order valence-corrected chi connectivity index (χ0v) is 14.6. The third-order valence-corrected chi connectivity index (χ3v) is 5.30. The Kier molecular flexibility index (Phi) is 4.82. The summed E-state index contributed by atoms with van der Waals surface area (Å²) in [5, 5.41) is 0. The van der Waals surface area contributed by atoms with Gasteiger partial charge in [-0.3, -0.25) is 9.78 Å². The SMILES string of the molecule is O=C1C2CCC(CC2)N1CCCc1cncc(Oc2ccc(F)cc2)n1. The Hall–Kier alpha value is -2.50. The van der Waals surface area contributed by atoms with Gasteiger partial charge >= 0.3 is 0 Å². The Morgan fingerprint density at radius 1 is 1.12 bits per heavy atom. The number of halogens is 1. The molecule has 26 heavy (non-hydrogen) atoms. The molecule has 2 saturated heterocycles. The monoisotopic (exact) mass is 355 g/mol. The molecule has 6 heteroatoms. The second-order valence-corrected chi connectivity index (χ2v) is 7.05. The van der Waals surface area contributed by atoms with Gasteiger partial charge in [-0.05, 0) is 62.8 Å². The predicted molar refractivity (Wildman–Crippen MR) is 94.3 cm³/mol. The van der Waals surface area contributed by atoms with Crippen LogP contribution >= 0.6 is 0 Å². The fourth-order valence-corrected chi connectivity index (χ4v) is 3.95. The number of ether oxygens (including phenoxy) is 1. The van der Waals surface area contributed by atoms with Crippen LogP contribution in [0.25, 0.3) is 0 Å². The molecule has 2 bridgehead atoms. The van der Waals surface area contributed by atoms with E-state index in [9.17, 15) is 9.18 Å². The second kappa shape index (κ2) is 7.40. The van der Waals surface area contributed by atoms with Crippen molar-refractivity contribution >= 4 is 5.91 Å². The van der Waals surface area contributed by atoms with E-state index in [1.165, 1.54) is 12.1 Å². The Morgan fingerprint density at radius 3 is 2.62 bits per heavy atom. The number of piperidine rings is 2. The lowest BCUT2D eigenvalue weighted by molar-refractivity contribution is -0.146. The highest BCUT2D eigenvalue weighted by Crippen LogP contribution is 2.35. The van der Waals surface area contributed by atoms with Gasteiger partial charge in [0.25, 0.3) is 0 Å². The van der Waals surface area contributed by atoms with E-state index in [1.54, 1.807) is 24.5 Å². The summed E-state index contributed by atoms with van der Waals surface area (Å²) in [7, 11) is 0. The van der Waals surface area contributed by atoms with Crippen molar-refractivity contribution in [2.24, 2.45) is 5.92 Å². The summed E-state index contributed by atoms with van der Waals surface area (Å²) >= 11 is 0. The van der Waals surface area contributed by atoms with Crippen molar-refractivity contribution in [1.82, 2.24) is 14.9 Å². The molecule has 1 amide bonds. The highest BCUT2D eigenvalue weighted by molar-refractivity contribution is 5.80. The molecule has 5 rings (SSSR count). The number of fused-ring (bicyclic) bond motifs is 3. The summed E-state index contributed by atoms with van der Waals surface area (Å²) in [6.45, 7) is 0.782. The number of nitrogens with zero attached hydrogens (tertiary/aromatic N) is 3. The minimum atomic E-state index is -0.307. The molecular formula is C20H22FN3O2. The molecular weight excluding hydrogens is 333 g/mol. The van der Waals surface area contributed by atoms with Gasteiger partial charge in [-0.1, -0.05) is 0 Å². The minimum Gasteiger partial charge on any atom is -0.437 e. The largest absolute Gasteiger partial charge is 0.437 e. The Morgan fingerprint density at radius 2 is 1.88 bits per heavy atom. The van der Waals surface area contributed by atoms with Crippen molar-refractivity contribution in [3.63, 3.8) is 0 Å². The third-order valence-electron chi connectivity index (χ3n) is 5.30. The van der Waals surface area contributed by atoms with Crippen molar-refractivity contribution in [1.29, 1.82) is 0 Å². The van der Waals surface area contributed by atoms with Crippen LogP contribution in [-0.2, 0) is 11.2 Å². The Labute approximate surface area is 152 Å². The first-order chi connectivity index (χ1) is 12.7. The lowest BCUT2D eigenvalue weighted by Gasteiger charge is -2.44. The van der Waals surface area contributed by atoms with Gasteiger partial charge < -0.3 is 9.64 Å². The predicted octanol–water partition coefficient (Wildman–Crippen LogP) is 3.74. The maximum Gasteiger partial charge on any atom is 0.238 e. The fraction of sp³-hybridized carbons (Fsp3) is 0.450. The number of aromatic nitrogens is 2. The first-order valence-electron chi connectivity index (χ1n) is 9.24. The summed E-state index contributed by atoms with van der Waals surface area (Å²) in [4.78, 5) is 23.1. The van der Waals surface area contributed by atoms with Gasteiger partial charge in [-0.15, -0.1) is 0 Å². The van der Waals surface area contributed by atoms with Crippen LogP contribution in [0.4, 0.5) is 4.39 Å². The summed E-state index contributed by atoms with van der Waals surface area (Å²) in [5.41, 5.74) is 0.833. The summed E-state index contributed by atoms with van der Waals surface area (Å²) in [6.07, 6.45) is 9.30. The molecule has 3 fully saturated rings. The number of carbonyl (C=O) groups excluding carboxylic acids is 1. The molecule has 1 aromatic carbocycles. The topological polar surface area (TPSA) is 55.3 Å². The van der Waals surface area contributed by atoms with Crippen LogP contribution < -0.4 is 4.74 Å². The van der Waals surface area contributed by atoms with E-state index in [-0.39, 0.29) is 11.7 Å². The number of carbonyl (C=O) groups is 1. The van der Waals surface area contributed by atoms with E-state index in [4.69, 9.17) is 4.74 Å². The van der Waals surface area contributed by atoms with E-state index in [0.717, 1.165) is 50.8 Å². The van der Waals surface area contributed by atoms with E-state index in [2.05, 4.69) is 14.9 Å². The summed E-state index contributed by atoms with van der Waals surface area (Å²) in [6, 6.07) is 6.24. The molecule has 3 aliphatic rings. The van der Waals surface area contributed by atoms with E-state index in [1.807, 2.05) is 0 Å². The zero-order valence-electron chi connectivity index (χ0n) is 14.6. The van der Waals surface area contributed by atoms with Crippen LogP contribution in [0.5, 0.6) is 11.6 Å². The number of hydrogen-bond acceptors (Lipinski definition) is 4. The Bertz CT molecular complexity index is 773. The smallest absolute Gasteiger partial charge is 0.238 e. The van der Waals surface area contributed by atoms with Crippen LogP contribution in [0.15, 0.2) is 36.7 Å². The van der Waals surface area contributed by atoms with Crippen LogP contribution in [0.2, 0.25) is 0 Å². The third kappa shape index (κ3) is 3.69. The molecule has 1 aliphatic carbocycles. The lowest BCUT2D eigenvalue weighted by Crippen LogP contribution is -2.52. The minimum absolute atomic E-state index is 0.257. The molecule has 0 N–H and O–H groups in total. The lowest BCUT2D eigenvalue weighted by atomic mass is 9.79. The second-order valence-electron chi connectivity index (χ2n) is 7.05. The molecule has 0 radical (unpaired) electrons. The number of benzene rings is 1. The van der Waals surface area contributed by atoms with Gasteiger partial charge in [0.05, 0.1) is 11.9 Å². The van der Waals surface area contributed by atoms with Crippen molar-refractivity contribution in [3.05, 3.63) is 48.2 Å². The van der Waals surface area contributed by atoms with Gasteiger partial charge in [0, 0.05) is 24.7 Å². The van der Waals surface area contributed by atoms with E-state index < -0.39 is 0 Å². The maximum atomic E-state index is 13.0. The maximum absolute atomic E-state index is 13.0. The molecule has 3 heterocycles. The Balaban J connectivity index is 1.32. The molecule has 0 unspecified atom stereocenters. The number of aryl methyl sites for hydroxylation is 1. The standard InChI is InChI=1S/C20H22FN3O2/c21-15-5-9-18(10-6-15)26-19-13-22-12-16(23-19)2-1-11-24-17-7-3-14(4-8-17)20(24)25/h5-6,9-10,12-14,17H,1-4,7-8,11H2. The number of hydrogen-bond donors (Lipinski definition) is 0. The van der Waals surface area contributed by atoms with E-state index in [0.29, 0.717) is 23.6 Å². The highest BCUT2D eigenvalue weighted by Gasteiger charge is 2.39. The van der Waals surface area contributed by atoms with Crippen molar-refractivity contribution in [2.75, 3.05) is 6.54 Å². The molecule has 0 spiro atoms. The molecule has 1 saturated carbocycles. The highest BCUT2D eigenvalue weighted by atomic mass is 19.1. The first kappa shape index (κ1) is 16.9. The summed E-state index contributed by atoms with van der Waals surface area (Å²) in [5.74, 6) is 1.20. The number of rotatable bonds is 6. The molecule has 0 atom stereocenters. The van der Waals surface area contributed by atoms with Crippen molar-refractivity contribution < 1.29 is 13.9 Å². The van der Waals surface area contributed by atoms with Gasteiger partial charge in [-0.25, -0.2) is 9.37 Å². The number of amides is 1. The van der Waals surface area contributed by atoms with Gasteiger partial charge in [-0.2, -0.15) is 0 Å². The molecule has 1 aromatic heterocycles. The summed E-state index contributed by atoms with van der Waals surface area (Å²) < 4.78 is 18.6.